The van der Waals surface area contributed by atoms with E-state index in [1.807, 2.05) is 0 Å². The van der Waals surface area contributed by atoms with Crippen molar-refractivity contribution in [3.63, 3.8) is 0 Å². The summed E-state index contributed by atoms with van der Waals surface area (Å²) in [4.78, 5) is 21.8. The first-order chi connectivity index (χ1) is 8.47. The minimum Gasteiger partial charge on any atom is -0.481 e. The predicted octanol–water partition coefficient (Wildman–Crippen LogP) is 1.99. The average molecular weight is 257 g/mol. The van der Waals surface area contributed by atoms with Gasteiger partial charge in [-0.2, -0.15) is 0 Å². The van der Waals surface area contributed by atoms with Crippen molar-refractivity contribution in [1.82, 2.24) is 0 Å². The molecule has 5 heteroatoms. The Balaban J connectivity index is 2.52. The number of rotatable bonds is 6. The first kappa shape index (κ1) is 15.0. The first-order valence-electron chi connectivity index (χ1n) is 6.71. The van der Waals surface area contributed by atoms with Gasteiger partial charge in [-0.05, 0) is 31.6 Å². The Labute approximate surface area is 107 Å². The summed E-state index contributed by atoms with van der Waals surface area (Å²) in [7, 11) is 0. The number of nitrogens with two attached hydrogens (primary N) is 1. The monoisotopic (exact) mass is 257 g/mol. The van der Waals surface area contributed by atoms with Gasteiger partial charge >= 0.3 is 11.9 Å². The Hall–Kier alpha value is -1.10. The number of aliphatic carboxylic acids is 2. The zero-order valence-electron chi connectivity index (χ0n) is 10.7. The molecule has 1 saturated carbocycles. The van der Waals surface area contributed by atoms with Gasteiger partial charge in [-0.15, -0.1) is 0 Å². The highest BCUT2D eigenvalue weighted by atomic mass is 16.4. The van der Waals surface area contributed by atoms with Crippen LogP contribution in [0, 0.1) is 5.92 Å². The van der Waals surface area contributed by atoms with Gasteiger partial charge in [0.05, 0.1) is 0 Å². The second kappa shape index (κ2) is 6.73. The number of carbonyl (C=O) groups is 2. The summed E-state index contributed by atoms with van der Waals surface area (Å²) in [5.74, 6) is -1.73. The highest BCUT2D eigenvalue weighted by Crippen LogP contribution is 2.34. The second-order valence-corrected chi connectivity index (χ2v) is 5.28. The number of hydrogen-bond acceptors (Lipinski definition) is 3. The molecule has 0 aromatic rings. The first-order valence-corrected chi connectivity index (χ1v) is 6.71. The molecule has 0 bridgehead atoms. The lowest BCUT2D eigenvalue weighted by molar-refractivity contribution is -0.146. The topological polar surface area (TPSA) is 101 Å². The molecule has 0 amide bonds. The van der Waals surface area contributed by atoms with E-state index in [0.717, 1.165) is 38.5 Å². The molecule has 0 radical (unpaired) electrons. The Morgan fingerprint density at radius 2 is 1.89 bits per heavy atom. The van der Waals surface area contributed by atoms with E-state index in [-0.39, 0.29) is 12.3 Å². The van der Waals surface area contributed by atoms with Gasteiger partial charge in [0.2, 0.25) is 0 Å². The van der Waals surface area contributed by atoms with Crippen LogP contribution in [0.2, 0.25) is 0 Å². The van der Waals surface area contributed by atoms with Gasteiger partial charge in [-0.3, -0.25) is 9.59 Å². The predicted molar refractivity (Wildman–Crippen MR) is 67.2 cm³/mol. The third kappa shape index (κ3) is 3.98. The normalized spacial score (nSPS) is 28.6. The lowest BCUT2D eigenvalue weighted by Crippen LogP contribution is -2.53. The zero-order chi connectivity index (χ0) is 13.6. The third-order valence-corrected chi connectivity index (χ3v) is 3.96. The van der Waals surface area contributed by atoms with Crippen LogP contribution in [-0.4, -0.2) is 27.7 Å². The van der Waals surface area contributed by atoms with Crippen molar-refractivity contribution in [2.45, 2.75) is 63.3 Å². The maximum Gasteiger partial charge on any atom is 0.323 e. The third-order valence-electron chi connectivity index (χ3n) is 3.96. The van der Waals surface area contributed by atoms with E-state index < -0.39 is 17.5 Å². The van der Waals surface area contributed by atoms with Gasteiger partial charge < -0.3 is 15.9 Å². The Morgan fingerprint density at radius 3 is 2.50 bits per heavy atom. The van der Waals surface area contributed by atoms with Gasteiger partial charge in [0.25, 0.3) is 0 Å². The summed E-state index contributed by atoms with van der Waals surface area (Å²) < 4.78 is 0. The van der Waals surface area contributed by atoms with Crippen molar-refractivity contribution in [3.05, 3.63) is 0 Å². The molecule has 0 heterocycles. The Bertz CT molecular complexity index is 305. The SMILES string of the molecule is NC1(C(=O)O)CCCCCC1CCCCC(=O)O. The molecular weight excluding hydrogens is 234 g/mol. The highest BCUT2D eigenvalue weighted by Gasteiger charge is 2.42. The van der Waals surface area contributed by atoms with E-state index in [9.17, 15) is 14.7 Å². The van der Waals surface area contributed by atoms with Crippen molar-refractivity contribution in [2.24, 2.45) is 11.7 Å². The Kier molecular flexibility index (Phi) is 5.59. The number of hydrogen-bond donors (Lipinski definition) is 3. The molecule has 0 aromatic heterocycles. The summed E-state index contributed by atoms with van der Waals surface area (Å²) in [5.41, 5.74) is 4.96. The molecule has 5 nitrogen and oxygen atoms in total. The van der Waals surface area contributed by atoms with Crippen LogP contribution in [0.4, 0.5) is 0 Å². The van der Waals surface area contributed by atoms with Crippen molar-refractivity contribution in [1.29, 1.82) is 0 Å². The molecule has 0 saturated heterocycles. The minimum absolute atomic E-state index is 0.0219. The van der Waals surface area contributed by atoms with Crippen molar-refractivity contribution in [3.8, 4) is 0 Å². The quantitative estimate of drug-likeness (QED) is 0.499. The number of unbranched alkanes of at least 4 members (excludes halogenated alkanes) is 1. The summed E-state index contributed by atoms with van der Waals surface area (Å²) in [6.45, 7) is 0. The largest absolute Gasteiger partial charge is 0.481 e. The smallest absolute Gasteiger partial charge is 0.323 e. The van der Waals surface area contributed by atoms with Gasteiger partial charge in [0, 0.05) is 6.42 Å². The van der Waals surface area contributed by atoms with Crippen LogP contribution in [0.5, 0.6) is 0 Å². The fraction of sp³-hybridized carbons (Fsp3) is 0.846. The van der Waals surface area contributed by atoms with E-state index in [2.05, 4.69) is 0 Å². The van der Waals surface area contributed by atoms with Crippen molar-refractivity contribution < 1.29 is 19.8 Å². The van der Waals surface area contributed by atoms with Crippen molar-refractivity contribution in [2.75, 3.05) is 0 Å². The van der Waals surface area contributed by atoms with Crippen LogP contribution in [0.15, 0.2) is 0 Å². The molecule has 1 rings (SSSR count). The van der Waals surface area contributed by atoms with Gasteiger partial charge in [-0.1, -0.05) is 25.7 Å². The average Bonchev–Trinajstić information content (AvgIpc) is 2.48. The van der Waals surface area contributed by atoms with E-state index in [4.69, 9.17) is 10.8 Å². The number of carboxylic acid groups (broad SMARTS) is 2. The molecule has 1 aliphatic carbocycles. The van der Waals surface area contributed by atoms with Crippen LogP contribution < -0.4 is 5.73 Å². The van der Waals surface area contributed by atoms with E-state index in [0.29, 0.717) is 12.8 Å². The fourth-order valence-electron chi connectivity index (χ4n) is 2.80. The molecule has 4 N–H and O–H groups in total. The van der Waals surface area contributed by atoms with Crippen LogP contribution in [-0.2, 0) is 9.59 Å². The van der Waals surface area contributed by atoms with Crippen molar-refractivity contribution >= 4 is 11.9 Å². The molecular formula is C13H23NO4. The molecule has 0 spiro atoms. The Morgan fingerprint density at radius 1 is 1.17 bits per heavy atom. The van der Waals surface area contributed by atoms with Gasteiger partial charge in [0.1, 0.15) is 5.54 Å². The highest BCUT2D eigenvalue weighted by molar-refractivity contribution is 5.79. The summed E-state index contributed by atoms with van der Waals surface area (Å²) in [6.07, 6.45) is 6.52. The van der Waals surface area contributed by atoms with E-state index >= 15 is 0 Å². The molecule has 0 aromatic carbocycles. The van der Waals surface area contributed by atoms with Crippen LogP contribution in [0.3, 0.4) is 0 Å². The molecule has 1 fully saturated rings. The lowest BCUT2D eigenvalue weighted by Gasteiger charge is -2.32. The summed E-state index contributed by atoms with van der Waals surface area (Å²) in [5, 5.41) is 17.9. The standard InChI is InChI=1S/C13H23NO4/c14-13(12(17)18)9-5-1-2-6-10(13)7-3-4-8-11(15)16/h10H,1-9,14H2,(H,15,16)(H,17,18). The van der Waals surface area contributed by atoms with Crippen LogP contribution >= 0.6 is 0 Å². The molecule has 18 heavy (non-hydrogen) atoms. The minimum atomic E-state index is -1.11. The van der Waals surface area contributed by atoms with E-state index in [1.165, 1.54) is 0 Å². The zero-order valence-corrected chi connectivity index (χ0v) is 10.7. The van der Waals surface area contributed by atoms with Gasteiger partial charge in [0.15, 0.2) is 0 Å². The molecule has 104 valence electrons. The summed E-state index contributed by atoms with van der Waals surface area (Å²) >= 11 is 0. The van der Waals surface area contributed by atoms with Crippen LogP contribution in [0.25, 0.3) is 0 Å². The maximum atomic E-state index is 11.4. The molecule has 2 unspecified atom stereocenters. The summed E-state index contributed by atoms with van der Waals surface area (Å²) in [6, 6.07) is 0. The van der Waals surface area contributed by atoms with Crippen LogP contribution in [0.1, 0.15) is 57.8 Å². The second-order valence-electron chi connectivity index (χ2n) is 5.28. The lowest BCUT2D eigenvalue weighted by atomic mass is 9.78. The van der Waals surface area contributed by atoms with Gasteiger partial charge in [-0.25, -0.2) is 0 Å². The number of carboxylic acids is 2. The molecule has 0 aliphatic heterocycles. The molecule has 2 atom stereocenters. The maximum absolute atomic E-state index is 11.4. The van der Waals surface area contributed by atoms with E-state index in [1.54, 1.807) is 0 Å². The fourth-order valence-corrected chi connectivity index (χ4v) is 2.80. The molecule has 1 aliphatic rings.